The fourth-order valence-electron chi connectivity index (χ4n) is 5.05. The first-order valence-corrected chi connectivity index (χ1v) is 14.3. The second kappa shape index (κ2) is 10.3. The molecule has 36 heavy (non-hydrogen) atoms. The zero-order valence-corrected chi connectivity index (χ0v) is 22.0. The number of likely N-dealkylation sites (tertiary alicyclic amines) is 1. The van der Waals surface area contributed by atoms with Crippen molar-refractivity contribution < 1.29 is 22.7 Å². The van der Waals surface area contributed by atoms with Gasteiger partial charge in [-0.15, -0.1) is 0 Å². The largest absolute Gasteiger partial charge is 0.369 e. The number of aryl methyl sites for hydroxylation is 1. The molecule has 1 amide bonds. The highest BCUT2D eigenvalue weighted by molar-refractivity contribution is 7.89. The number of anilines is 1. The summed E-state index contributed by atoms with van der Waals surface area (Å²) in [5, 5.41) is 4.88. The van der Waals surface area contributed by atoms with Crippen LogP contribution >= 0.6 is 11.6 Å². The van der Waals surface area contributed by atoms with E-state index in [9.17, 15) is 13.2 Å². The number of hydrogen-bond donors (Lipinski definition) is 0. The summed E-state index contributed by atoms with van der Waals surface area (Å²) in [5.41, 5.74) is 1.13. The lowest BCUT2D eigenvalue weighted by Crippen LogP contribution is -2.49. The van der Waals surface area contributed by atoms with E-state index in [-0.39, 0.29) is 16.5 Å². The summed E-state index contributed by atoms with van der Waals surface area (Å²) in [7, 11) is -3.95. The third-order valence-electron chi connectivity index (χ3n) is 7.05. The average Bonchev–Trinajstić information content (AvgIpc) is 3.53. The van der Waals surface area contributed by atoms with E-state index in [1.54, 1.807) is 15.8 Å². The molecule has 0 N–H and O–H groups in total. The smallest absolute Gasteiger partial charge is 0.263 e. The third kappa shape index (κ3) is 4.99. The Morgan fingerprint density at radius 3 is 2.28 bits per heavy atom. The fraction of sp³-hybridized carbons (Fsp3) is 0.583. The summed E-state index contributed by atoms with van der Waals surface area (Å²) in [6.07, 6.45) is 3.48. The fourth-order valence-corrected chi connectivity index (χ4v) is 6.69. The number of nitrogens with zero attached hydrogens (tertiary/aromatic N) is 5. The minimum atomic E-state index is -3.95. The Morgan fingerprint density at radius 2 is 1.67 bits per heavy atom. The summed E-state index contributed by atoms with van der Waals surface area (Å²) < 4.78 is 41.9. The number of halogens is 1. The van der Waals surface area contributed by atoms with Crippen molar-refractivity contribution in [2.45, 2.75) is 43.5 Å². The van der Waals surface area contributed by atoms with Gasteiger partial charge in [0.1, 0.15) is 0 Å². The highest BCUT2D eigenvalue weighted by atomic mass is 35.5. The van der Waals surface area contributed by atoms with Gasteiger partial charge in [0.05, 0.1) is 18.8 Å². The summed E-state index contributed by atoms with van der Waals surface area (Å²) in [6, 6.07) is 7.51. The van der Waals surface area contributed by atoms with Crippen LogP contribution in [0.15, 0.2) is 35.5 Å². The highest BCUT2D eigenvalue weighted by Crippen LogP contribution is 2.32. The van der Waals surface area contributed by atoms with Gasteiger partial charge in [-0.3, -0.25) is 9.48 Å². The standard InChI is InChI=1S/C24H32ClN5O5S/c1-2-9-29-18-21(23(31)28-10-7-24(8-11-28)34-16-17-35-24)22(26-29)36(32,33)30-14-12-27(13-15-30)20-5-3-19(25)4-6-20/h3-6,18H,2,7-17H2,1H3. The number of piperidine rings is 1. The van der Waals surface area contributed by atoms with Gasteiger partial charge in [0, 0.05) is 75.6 Å². The average molecular weight is 538 g/mol. The van der Waals surface area contributed by atoms with Crippen LogP contribution in [0.3, 0.4) is 0 Å². The van der Waals surface area contributed by atoms with E-state index < -0.39 is 15.8 Å². The van der Waals surface area contributed by atoms with Crippen LogP contribution in [0, 0.1) is 0 Å². The molecule has 1 aromatic heterocycles. The molecule has 1 spiro atoms. The Kier molecular flexibility index (Phi) is 7.28. The molecule has 4 heterocycles. The molecule has 1 aromatic carbocycles. The number of carbonyl (C=O) groups is 1. The summed E-state index contributed by atoms with van der Waals surface area (Å²) in [5.74, 6) is -0.925. The van der Waals surface area contributed by atoms with E-state index in [1.165, 1.54) is 4.31 Å². The monoisotopic (exact) mass is 537 g/mol. The lowest BCUT2D eigenvalue weighted by atomic mass is 10.0. The van der Waals surface area contributed by atoms with Gasteiger partial charge in [0.2, 0.25) is 5.03 Å². The molecule has 3 saturated heterocycles. The molecular weight excluding hydrogens is 506 g/mol. The molecule has 0 radical (unpaired) electrons. The molecule has 0 atom stereocenters. The van der Waals surface area contributed by atoms with Crippen molar-refractivity contribution >= 4 is 33.2 Å². The van der Waals surface area contributed by atoms with Gasteiger partial charge in [-0.1, -0.05) is 18.5 Å². The topological polar surface area (TPSA) is 97.2 Å². The number of piperazine rings is 1. The molecule has 0 unspecified atom stereocenters. The zero-order valence-electron chi connectivity index (χ0n) is 20.4. The van der Waals surface area contributed by atoms with Crippen LogP contribution in [-0.2, 0) is 26.0 Å². The second-order valence-electron chi connectivity index (χ2n) is 9.38. The van der Waals surface area contributed by atoms with E-state index in [0.29, 0.717) is 76.9 Å². The molecule has 0 saturated carbocycles. The maximum absolute atomic E-state index is 13.7. The van der Waals surface area contributed by atoms with Gasteiger partial charge < -0.3 is 19.3 Å². The zero-order chi connectivity index (χ0) is 25.3. The first kappa shape index (κ1) is 25.5. The minimum Gasteiger partial charge on any atom is -0.369 e. The van der Waals surface area contributed by atoms with Crippen LogP contribution in [0.4, 0.5) is 5.69 Å². The van der Waals surface area contributed by atoms with Gasteiger partial charge in [0.15, 0.2) is 5.79 Å². The molecule has 2 aromatic rings. The van der Waals surface area contributed by atoms with Gasteiger partial charge in [-0.05, 0) is 30.7 Å². The maximum atomic E-state index is 13.7. The second-order valence-corrected chi connectivity index (χ2v) is 11.7. The molecule has 3 aliphatic heterocycles. The lowest BCUT2D eigenvalue weighted by molar-refractivity contribution is -0.181. The van der Waals surface area contributed by atoms with Crippen molar-refractivity contribution in [1.29, 1.82) is 0 Å². The van der Waals surface area contributed by atoms with Crippen molar-refractivity contribution in [3.63, 3.8) is 0 Å². The van der Waals surface area contributed by atoms with Gasteiger partial charge in [-0.2, -0.15) is 9.40 Å². The van der Waals surface area contributed by atoms with Crippen LogP contribution < -0.4 is 4.90 Å². The predicted octanol–water partition coefficient (Wildman–Crippen LogP) is 2.44. The van der Waals surface area contributed by atoms with Crippen molar-refractivity contribution in [3.8, 4) is 0 Å². The highest BCUT2D eigenvalue weighted by Gasteiger charge is 2.42. The quantitative estimate of drug-likeness (QED) is 0.558. The van der Waals surface area contributed by atoms with E-state index in [1.807, 2.05) is 31.2 Å². The van der Waals surface area contributed by atoms with Crippen LogP contribution in [0.1, 0.15) is 36.5 Å². The molecular formula is C24H32ClN5O5S. The molecule has 196 valence electrons. The minimum absolute atomic E-state index is 0.132. The van der Waals surface area contributed by atoms with E-state index in [2.05, 4.69) is 10.00 Å². The summed E-state index contributed by atoms with van der Waals surface area (Å²) >= 11 is 6.00. The van der Waals surface area contributed by atoms with Crippen molar-refractivity contribution in [2.75, 3.05) is 57.4 Å². The lowest BCUT2D eigenvalue weighted by Gasteiger charge is -2.37. The number of carbonyl (C=O) groups excluding carboxylic acids is 1. The number of hydrogen-bond acceptors (Lipinski definition) is 7. The SMILES string of the molecule is CCCn1cc(C(=O)N2CCC3(CC2)OCCO3)c(S(=O)(=O)N2CCN(c3ccc(Cl)cc3)CC2)n1. The molecule has 0 bridgehead atoms. The van der Waals surface area contributed by atoms with Gasteiger partial charge in [0.25, 0.3) is 15.9 Å². The van der Waals surface area contributed by atoms with Crippen molar-refractivity contribution in [2.24, 2.45) is 0 Å². The Labute approximate surface area is 216 Å². The van der Waals surface area contributed by atoms with Gasteiger partial charge >= 0.3 is 0 Å². The number of rotatable bonds is 6. The normalized spacial score (nSPS) is 20.8. The first-order chi connectivity index (χ1) is 17.3. The molecule has 5 rings (SSSR count). The Morgan fingerprint density at radius 1 is 1.03 bits per heavy atom. The van der Waals surface area contributed by atoms with Crippen LogP contribution in [-0.4, -0.2) is 91.6 Å². The van der Waals surface area contributed by atoms with Gasteiger partial charge in [-0.25, -0.2) is 8.42 Å². The maximum Gasteiger partial charge on any atom is 0.263 e. The summed E-state index contributed by atoms with van der Waals surface area (Å²) in [6.45, 7) is 6.21. The van der Waals surface area contributed by atoms with E-state index in [0.717, 1.165) is 12.1 Å². The predicted molar refractivity (Wildman–Crippen MR) is 135 cm³/mol. The summed E-state index contributed by atoms with van der Waals surface area (Å²) in [4.78, 5) is 17.3. The number of ether oxygens (including phenoxy) is 2. The Bertz CT molecular complexity index is 1180. The number of benzene rings is 1. The third-order valence-corrected chi connectivity index (χ3v) is 9.14. The number of amides is 1. The van der Waals surface area contributed by atoms with Crippen molar-refractivity contribution in [1.82, 2.24) is 19.0 Å². The van der Waals surface area contributed by atoms with Crippen LogP contribution in [0.2, 0.25) is 5.02 Å². The molecule has 12 heteroatoms. The first-order valence-electron chi connectivity index (χ1n) is 12.5. The Hall–Kier alpha value is -2.18. The number of aromatic nitrogens is 2. The van der Waals surface area contributed by atoms with Crippen LogP contribution in [0.5, 0.6) is 0 Å². The van der Waals surface area contributed by atoms with Crippen LogP contribution in [0.25, 0.3) is 0 Å². The number of sulfonamides is 1. The molecule has 10 nitrogen and oxygen atoms in total. The molecule has 3 aliphatic rings. The van der Waals surface area contributed by atoms with Crippen molar-refractivity contribution in [3.05, 3.63) is 41.0 Å². The Balaban J connectivity index is 1.33. The molecule has 0 aliphatic carbocycles. The van der Waals surface area contributed by atoms with E-state index in [4.69, 9.17) is 21.1 Å². The molecule has 3 fully saturated rings. The van der Waals surface area contributed by atoms with E-state index >= 15 is 0 Å².